The Hall–Kier alpha value is -3.20. The van der Waals surface area contributed by atoms with Gasteiger partial charge in [0, 0.05) is 18.4 Å². The minimum atomic E-state index is -0.581. The number of pyridine rings is 2. The van der Waals surface area contributed by atoms with Crippen molar-refractivity contribution in [1.82, 2.24) is 19.4 Å². The Balaban J connectivity index is 1.78. The molecule has 35 heavy (non-hydrogen) atoms. The molecule has 8 nitrogen and oxygen atoms in total. The van der Waals surface area contributed by atoms with Crippen molar-refractivity contribution in [3.05, 3.63) is 41.2 Å². The van der Waals surface area contributed by atoms with Gasteiger partial charge in [0.25, 0.3) is 0 Å². The van der Waals surface area contributed by atoms with E-state index in [-0.39, 0.29) is 24.7 Å². The second kappa shape index (κ2) is 10.2. The van der Waals surface area contributed by atoms with E-state index in [0.29, 0.717) is 19.0 Å². The highest BCUT2D eigenvalue weighted by atomic mass is 19.1. The Bertz CT molecular complexity index is 1230. The first-order chi connectivity index (χ1) is 16.8. The van der Waals surface area contributed by atoms with Gasteiger partial charge in [-0.3, -0.25) is 0 Å². The average Bonchev–Trinajstić information content (AvgIpc) is 3.41. The number of rotatable bonds is 7. The topological polar surface area (TPSA) is 78.7 Å². The Morgan fingerprint density at radius 3 is 2.60 bits per heavy atom. The monoisotopic (exact) mass is 484 g/mol. The average molecular weight is 485 g/mol. The van der Waals surface area contributed by atoms with E-state index in [1.165, 1.54) is 7.11 Å². The molecule has 1 aliphatic heterocycles. The number of nitrogens with zero attached hydrogens (tertiary/aromatic N) is 4. The second-order valence-corrected chi connectivity index (χ2v) is 9.23. The van der Waals surface area contributed by atoms with E-state index < -0.39 is 12.8 Å². The predicted octanol–water partition coefficient (Wildman–Crippen LogP) is 4.82. The number of likely N-dealkylation sites (tertiary alicyclic amines) is 1. The highest BCUT2D eigenvalue weighted by molar-refractivity contribution is 5.85. The molecule has 0 aliphatic carbocycles. The molecule has 1 amide bonds. The minimum absolute atomic E-state index is 0.0189. The van der Waals surface area contributed by atoms with Gasteiger partial charge in [0.1, 0.15) is 6.67 Å². The van der Waals surface area contributed by atoms with Crippen LogP contribution >= 0.6 is 0 Å². The maximum Gasteiger partial charge on any atom is 0.409 e. The molecule has 0 aromatic carbocycles. The Morgan fingerprint density at radius 1 is 1.17 bits per heavy atom. The maximum atomic E-state index is 12.9. The Morgan fingerprint density at radius 2 is 1.94 bits per heavy atom. The standard InChI is InChI=1S/C26H33FN4O4/c1-15(2)19-8-7-18(25(28-19)33-5)23-16(3)11-20-24(29-23)17(4)12-31(20)21-13-30(26(32)34-6)14-22(21)35-10-9-27/h7-8,11-12,15,21-22H,9-10,13-14H2,1-6H3/t21?,22-/m0/s1. The van der Waals surface area contributed by atoms with E-state index in [1.54, 1.807) is 12.0 Å². The number of methoxy groups -OCH3 is 2. The quantitative estimate of drug-likeness (QED) is 0.478. The van der Waals surface area contributed by atoms with Crippen LogP contribution in [0, 0.1) is 13.8 Å². The lowest BCUT2D eigenvalue weighted by molar-refractivity contribution is 0.0299. The summed E-state index contributed by atoms with van der Waals surface area (Å²) in [5, 5.41) is 0. The van der Waals surface area contributed by atoms with E-state index in [2.05, 4.69) is 29.5 Å². The first-order valence-corrected chi connectivity index (χ1v) is 11.8. The summed E-state index contributed by atoms with van der Waals surface area (Å²) in [6, 6.07) is 5.93. The van der Waals surface area contributed by atoms with Gasteiger partial charge in [-0.1, -0.05) is 13.8 Å². The van der Waals surface area contributed by atoms with Crippen LogP contribution in [0.2, 0.25) is 0 Å². The molecule has 0 saturated carbocycles. The first kappa shape index (κ1) is 24.9. The SMILES string of the molecule is COC(=O)N1CC(n2cc(C)c3nc(-c4ccc(C(C)C)nc4OC)c(C)cc32)[C@@H](OCCF)C1. The summed E-state index contributed by atoms with van der Waals surface area (Å²) in [5.41, 5.74) is 6.35. The van der Waals surface area contributed by atoms with Gasteiger partial charge in [0.15, 0.2) is 0 Å². The van der Waals surface area contributed by atoms with E-state index >= 15 is 0 Å². The highest BCUT2D eigenvalue weighted by Crippen LogP contribution is 2.36. The summed E-state index contributed by atoms with van der Waals surface area (Å²) >= 11 is 0. The van der Waals surface area contributed by atoms with Crippen molar-refractivity contribution in [2.24, 2.45) is 0 Å². The Kier molecular flexibility index (Phi) is 7.25. The summed E-state index contributed by atoms with van der Waals surface area (Å²) in [7, 11) is 2.98. The molecule has 3 aromatic heterocycles. The second-order valence-electron chi connectivity index (χ2n) is 9.23. The molecule has 0 N–H and O–H groups in total. The number of carbonyl (C=O) groups excluding carboxylic acids is 1. The number of alkyl halides is 1. The fourth-order valence-corrected chi connectivity index (χ4v) is 4.75. The Labute approximate surface area is 205 Å². The van der Waals surface area contributed by atoms with E-state index in [1.807, 2.05) is 32.2 Å². The zero-order valence-corrected chi connectivity index (χ0v) is 21.2. The van der Waals surface area contributed by atoms with Crippen LogP contribution in [0.4, 0.5) is 9.18 Å². The molecule has 1 aliphatic rings. The third-order valence-electron chi connectivity index (χ3n) is 6.54. The molecular formula is C26H33FN4O4. The van der Waals surface area contributed by atoms with Crippen molar-refractivity contribution in [3.8, 4) is 17.1 Å². The zero-order valence-electron chi connectivity index (χ0n) is 21.2. The molecule has 3 aromatic rings. The van der Waals surface area contributed by atoms with Crippen LogP contribution in [-0.2, 0) is 9.47 Å². The van der Waals surface area contributed by atoms with Gasteiger partial charge in [-0.05, 0) is 49.1 Å². The van der Waals surface area contributed by atoms with Crippen molar-refractivity contribution in [1.29, 1.82) is 0 Å². The smallest absolute Gasteiger partial charge is 0.409 e. The van der Waals surface area contributed by atoms with Crippen LogP contribution in [0.25, 0.3) is 22.3 Å². The largest absolute Gasteiger partial charge is 0.480 e. The van der Waals surface area contributed by atoms with E-state index in [0.717, 1.165) is 39.1 Å². The van der Waals surface area contributed by atoms with Crippen LogP contribution in [0.3, 0.4) is 0 Å². The van der Waals surface area contributed by atoms with Crippen LogP contribution in [-0.4, -0.2) is 72.2 Å². The molecule has 0 bridgehead atoms. The molecule has 4 rings (SSSR count). The normalized spacial score (nSPS) is 18.0. The number of hydrogen-bond acceptors (Lipinski definition) is 6. The molecule has 188 valence electrons. The van der Waals surface area contributed by atoms with Crippen molar-refractivity contribution < 1.29 is 23.4 Å². The lowest BCUT2D eigenvalue weighted by atomic mass is 10.0. The minimum Gasteiger partial charge on any atom is -0.480 e. The molecule has 1 unspecified atom stereocenters. The number of carbonyl (C=O) groups is 1. The third kappa shape index (κ3) is 4.69. The molecule has 9 heteroatoms. The number of amides is 1. The van der Waals surface area contributed by atoms with Crippen molar-refractivity contribution in [2.45, 2.75) is 45.8 Å². The van der Waals surface area contributed by atoms with Crippen molar-refractivity contribution in [3.63, 3.8) is 0 Å². The molecular weight excluding hydrogens is 451 g/mol. The molecule has 0 radical (unpaired) electrons. The van der Waals surface area contributed by atoms with Crippen LogP contribution in [0.15, 0.2) is 24.4 Å². The maximum absolute atomic E-state index is 12.9. The number of aryl methyl sites for hydroxylation is 2. The lowest BCUT2D eigenvalue weighted by Crippen LogP contribution is -2.30. The summed E-state index contributed by atoms with van der Waals surface area (Å²) in [6.45, 7) is 8.35. The van der Waals surface area contributed by atoms with Gasteiger partial charge in [-0.25, -0.2) is 19.2 Å². The number of hydrogen-bond donors (Lipinski definition) is 0. The van der Waals surface area contributed by atoms with Crippen molar-refractivity contribution in [2.75, 3.05) is 40.6 Å². The summed E-state index contributed by atoms with van der Waals surface area (Å²) in [5.74, 6) is 0.835. The number of halogens is 1. The fourth-order valence-electron chi connectivity index (χ4n) is 4.75. The van der Waals surface area contributed by atoms with Crippen molar-refractivity contribution >= 4 is 17.1 Å². The van der Waals surface area contributed by atoms with Crippen LogP contribution in [0.5, 0.6) is 5.88 Å². The number of fused-ring (bicyclic) bond motifs is 1. The fraction of sp³-hybridized carbons (Fsp3) is 0.500. The third-order valence-corrected chi connectivity index (χ3v) is 6.54. The summed E-state index contributed by atoms with van der Waals surface area (Å²) < 4.78 is 31.3. The van der Waals surface area contributed by atoms with Gasteiger partial charge in [-0.15, -0.1) is 0 Å². The van der Waals surface area contributed by atoms with Crippen LogP contribution in [0.1, 0.15) is 42.6 Å². The predicted molar refractivity (Wildman–Crippen MR) is 132 cm³/mol. The zero-order chi connectivity index (χ0) is 25.3. The first-order valence-electron chi connectivity index (χ1n) is 11.8. The molecule has 1 saturated heterocycles. The molecule has 0 spiro atoms. The van der Waals surface area contributed by atoms with Gasteiger partial charge < -0.3 is 23.7 Å². The van der Waals surface area contributed by atoms with Crippen LogP contribution < -0.4 is 4.74 Å². The van der Waals surface area contributed by atoms with E-state index in [9.17, 15) is 9.18 Å². The van der Waals surface area contributed by atoms with E-state index in [4.69, 9.17) is 19.2 Å². The van der Waals surface area contributed by atoms with Gasteiger partial charge in [-0.2, -0.15) is 0 Å². The summed E-state index contributed by atoms with van der Waals surface area (Å²) in [6.07, 6.45) is 1.25. The molecule has 2 atom stereocenters. The number of ether oxygens (including phenoxy) is 3. The highest BCUT2D eigenvalue weighted by Gasteiger charge is 2.38. The number of aromatic nitrogens is 3. The van der Waals surface area contributed by atoms with Gasteiger partial charge in [0.2, 0.25) is 5.88 Å². The lowest BCUT2D eigenvalue weighted by Gasteiger charge is -2.21. The summed E-state index contributed by atoms with van der Waals surface area (Å²) in [4.78, 5) is 23.5. The molecule has 4 heterocycles. The van der Waals surface area contributed by atoms with Gasteiger partial charge >= 0.3 is 6.09 Å². The molecule has 1 fully saturated rings. The van der Waals surface area contributed by atoms with Gasteiger partial charge in [0.05, 0.1) is 61.8 Å².